The Bertz CT molecular complexity index is 644. The third kappa shape index (κ3) is 4.71. The zero-order chi connectivity index (χ0) is 17.5. The lowest BCUT2D eigenvalue weighted by molar-refractivity contribution is -0.113. The number of nitriles is 1. The highest BCUT2D eigenvalue weighted by Crippen LogP contribution is 2.37. The van der Waals surface area contributed by atoms with Crippen molar-refractivity contribution >= 4 is 50.5 Å². The van der Waals surface area contributed by atoms with Crippen LogP contribution >= 0.6 is 35.3 Å². The monoisotopic (exact) mass is 381 g/mol. The van der Waals surface area contributed by atoms with Crippen LogP contribution in [0.2, 0.25) is 0 Å². The van der Waals surface area contributed by atoms with Gasteiger partial charge in [-0.3, -0.25) is 4.79 Å². The van der Waals surface area contributed by atoms with Crippen LogP contribution in [0.1, 0.15) is 49.1 Å². The number of rotatable bonds is 5. The van der Waals surface area contributed by atoms with Crippen LogP contribution in [0.15, 0.2) is 0 Å². The van der Waals surface area contributed by atoms with Crippen LogP contribution in [0, 0.1) is 11.3 Å². The summed E-state index contributed by atoms with van der Waals surface area (Å²) in [5.74, 6) is 0.186. The van der Waals surface area contributed by atoms with Crippen LogP contribution in [0.3, 0.4) is 0 Å². The fourth-order valence-corrected chi connectivity index (χ4v) is 5.27. The maximum absolute atomic E-state index is 12.3. The number of nitrogens with zero attached hydrogens (tertiary/aromatic N) is 2. The van der Waals surface area contributed by atoms with E-state index in [1.165, 1.54) is 29.5 Å². The first-order chi connectivity index (χ1) is 11.6. The van der Waals surface area contributed by atoms with Crippen molar-refractivity contribution in [2.75, 3.05) is 24.2 Å². The highest BCUT2D eigenvalue weighted by molar-refractivity contribution is 8.23. The molecule has 0 saturated carbocycles. The van der Waals surface area contributed by atoms with Gasteiger partial charge in [0.2, 0.25) is 5.91 Å². The van der Waals surface area contributed by atoms with Gasteiger partial charge >= 0.3 is 0 Å². The number of fused-ring (bicyclic) bond motifs is 1. The van der Waals surface area contributed by atoms with Crippen molar-refractivity contribution in [3.8, 4) is 6.07 Å². The Kier molecular flexibility index (Phi) is 7.53. The summed E-state index contributed by atoms with van der Waals surface area (Å²) in [6.45, 7) is 5.79. The van der Waals surface area contributed by atoms with Gasteiger partial charge in [0.1, 0.15) is 15.4 Å². The lowest BCUT2D eigenvalue weighted by atomic mass is 10.1. The van der Waals surface area contributed by atoms with Crippen molar-refractivity contribution in [1.29, 1.82) is 5.26 Å². The van der Waals surface area contributed by atoms with Crippen molar-refractivity contribution in [2.24, 2.45) is 0 Å². The van der Waals surface area contributed by atoms with E-state index < -0.39 is 0 Å². The van der Waals surface area contributed by atoms with E-state index in [0.29, 0.717) is 10.6 Å². The number of hydrogen-bond acceptors (Lipinski definition) is 5. The molecule has 1 heterocycles. The van der Waals surface area contributed by atoms with Gasteiger partial charge in [0.05, 0.1) is 11.3 Å². The Labute approximate surface area is 157 Å². The van der Waals surface area contributed by atoms with Crippen molar-refractivity contribution < 1.29 is 4.79 Å². The van der Waals surface area contributed by atoms with Crippen LogP contribution < -0.4 is 5.32 Å². The summed E-state index contributed by atoms with van der Waals surface area (Å²) in [7, 11) is 0. The first-order valence-corrected chi connectivity index (χ1v) is 10.6. The van der Waals surface area contributed by atoms with E-state index in [0.717, 1.165) is 42.2 Å². The molecule has 2 rings (SSSR count). The molecule has 0 fully saturated rings. The zero-order valence-corrected chi connectivity index (χ0v) is 16.6. The molecule has 1 N–H and O–H groups in total. The molecular formula is C17H23N3OS3. The molecule has 0 bridgehead atoms. The minimum atomic E-state index is -0.0950. The molecule has 0 atom stereocenters. The summed E-state index contributed by atoms with van der Waals surface area (Å²) in [4.78, 5) is 15.6. The van der Waals surface area contributed by atoms with Crippen molar-refractivity contribution in [1.82, 2.24) is 4.90 Å². The number of aryl methyl sites for hydroxylation is 1. The van der Waals surface area contributed by atoms with E-state index >= 15 is 0 Å². The minimum Gasteiger partial charge on any atom is -0.358 e. The summed E-state index contributed by atoms with van der Waals surface area (Å²) in [6, 6.07) is 2.29. The molecule has 0 unspecified atom stereocenters. The number of thioether (sulfide) groups is 1. The Balaban J connectivity index is 1.99. The van der Waals surface area contributed by atoms with E-state index in [-0.39, 0.29) is 11.7 Å². The molecular weight excluding hydrogens is 358 g/mol. The molecule has 0 aromatic carbocycles. The molecule has 0 aliphatic heterocycles. The van der Waals surface area contributed by atoms with Crippen LogP contribution in [0.25, 0.3) is 0 Å². The lowest BCUT2D eigenvalue weighted by Crippen LogP contribution is -2.28. The van der Waals surface area contributed by atoms with E-state index in [1.54, 1.807) is 11.3 Å². The molecule has 1 aromatic rings. The molecule has 1 aliphatic rings. The lowest BCUT2D eigenvalue weighted by Gasteiger charge is -2.20. The maximum Gasteiger partial charge on any atom is 0.235 e. The standard InChI is InChI=1S/C17H23N3OS3/c1-3-20(4-2)17(22)23-11-15(21)19-16-13(10-18)12-8-6-5-7-9-14(12)24-16/h3-9,11H2,1-2H3,(H,19,21). The summed E-state index contributed by atoms with van der Waals surface area (Å²) < 4.78 is 0.748. The third-order valence-corrected chi connectivity index (χ3v) is 6.87. The number of amides is 1. The number of hydrogen-bond donors (Lipinski definition) is 1. The number of nitrogens with one attached hydrogen (secondary N) is 1. The summed E-state index contributed by atoms with van der Waals surface area (Å²) in [5.41, 5.74) is 1.82. The number of carbonyl (C=O) groups is 1. The summed E-state index contributed by atoms with van der Waals surface area (Å²) in [5, 5.41) is 13.1. The number of thiocarbonyl (C=S) groups is 1. The highest BCUT2D eigenvalue weighted by Gasteiger charge is 2.21. The molecule has 24 heavy (non-hydrogen) atoms. The second-order valence-electron chi connectivity index (χ2n) is 5.66. The van der Waals surface area contributed by atoms with Crippen molar-refractivity contribution in [3.05, 3.63) is 16.0 Å². The molecule has 1 aromatic heterocycles. The number of carbonyl (C=O) groups excluding carboxylic acids is 1. The van der Waals surface area contributed by atoms with Gasteiger partial charge in [-0.15, -0.1) is 11.3 Å². The minimum absolute atomic E-state index is 0.0950. The molecule has 1 aliphatic carbocycles. The van der Waals surface area contributed by atoms with Gasteiger partial charge in [0, 0.05) is 18.0 Å². The van der Waals surface area contributed by atoms with Crippen LogP contribution in [0.4, 0.5) is 5.00 Å². The normalized spacial score (nSPS) is 13.5. The van der Waals surface area contributed by atoms with Gasteiger partial charge in [-0.1, -0.05) is 30.4 Å². The molecule has 1 amide bonds. The topological polar surface area (TPSA) is 56.1 Å². The van der Waals surface area contributed by atoms with Crippen LogP contribution in [0.5, 0.6) is 0 Å². The van der Waals surface area contributed by atoms with Crippen LogP contribution in [-0.4, -0.2) is 34.0 Å². The van der Waals surface area contributed by atoms with E-state index in [1.807, 2.05) is 13.8 Å². The van der Waals surface area contributed by atoms with E-state index in [9.17, 15) is 10.1 Å². The molecule has 4 nitrogen and oxygen atoms in total. The van der Waals surface area contributed by atoms with Gasteiger partial charge < -0.3 is 10.2 Å². The molecule has 0 radical (unpaired) electrons. The third-order valence-electron chi connectivity index (χ3n) is 4.13. The fourth-order valence-electron chi connectivity index (χ4n) is 2.81. The quantitative estimate of drug-likeness (QED) is 0.612. The largest absolute Gasteiger partial charge is 0.358 e. The fraction of sp³-hybridized carbons (Fsp3) is 0.588. The molecule has 7 heteroatoms. The SMILES string of the molecule is CCN(CC)C(=S)SCC(=O)Nc1sc2c(c1C#N)CCCCC2. The molecule has 130 valence electrons. The van der Waals surface area contributed by atoms with Gasteiger partial charge in [-0.25, -0.2) is 0 Å². The Morgan fingerprint density at radius 3 is 2.71 bits per heavy atom. The predicted octanol–water partition coefficient (Wildman–Crippen LogP) is 4.19. The molecule has 0 saturated heterocycles. The first kappa shape index (κ1) is 19.2. The van der Waals surface area contributed by atoms with Crippen molar-refractivity contribution in [3.63, 3.8) is 0 Å². The summed E-state index contributed by atoms with van der Waals surface area (Å²) >= 11 is 8.30. The first-order valence-electron chi connectivity index (χ1n) is 8.36. The smallest absolute Gasteiger partial charge is 0.235 e. The van der Waals surface area contributed by atoms with Crippen molar-refractivity contribution in [2.45, 2.75) is 46.0 Å². The zero-order valence-electron chi connectivity index (χ0n) is 14.2. The summed E-state index contributed by atoms with van der Waals surface area (Å²) in [6.07, 6.45) is 5.48. The average molecular weight is 382 g/mol. The number of anilines is 1. The van der Waals surface area contributed by atoms with Gasteiger partial charge in [0.15, 0.2) is 0 Å². The van der Waals surface area contributed by atoms with Gasteiger partial charge in [0.25, 0.3) is 0 Å². The Morgan fingerprint density at radius 1 is 1.33 bits per heavy atom. The van der Waals surface area contributed by atoms with E-state index in [4.69, 9.17) is 12.2 Å². The van der Waals surface area contributed by atoms with Gasteiger partial charge in [-0.2, -0.15) is 5.26 Å². The highest BCUT2D eigenvalue weighted by atomic mass is 32.2. The van der Waals surface area contributed by atoms with Crippen LogP contribution in [-0.2, 0) is 17.6 Å². The van der Waals surface area contributed by atoms with Gasteiger partial charge in [-0.05, 0) is 45.1 Å². The second kappa shape index (κ2) is 9.40. The maximum atomic E-state index is 12.3. The predicted molar refractivity (Wildman–Crippen MR) is 107 cm³/mol. The number of thiophene rings is 1. The second-order valence-corrected chi connectivity index (χ2v) is 8.37. The molecule has 0 spiro atoms. The Hall–Kier alpha value is -1.10. The average Bonchev–Trinajstić information content (AvgIpc) is 2.74. The Morgan fingerprint density at radius 2 is 2.04 bits per heavy atom. The van der Waals surface area contributed by atoms with E-state index in [2.05, 4.69) is 16.3 Å².